The molecule has 164 valence electrons. The maximum absolute atomic E-state index is 13.2. The van der Waals surface area contributed by atoms with E-state index in [0.29, 0.717) is 23.9 Å². The summed E-state index contributed by atoms with van der Waals surface area (Å²) in [5, 5.41) is 5.25. The van der Waals surface area contributed by atoms with E-state index in [0.717, 1.165) is 60.7 Å². The minimum Gasteiger partial charge on any atom is -0.492 e. The van der Waals surface area contributed by atoms with Crippen LogP contribution in [0.3, 0.4) is 0 Å². The van der Waals surface area contributed by atoms with E-state index in [2.05, 4.69) is 15.1 Å². The maximum atomic E-state index is 13.2. The lowest BCUT2D eigenvalue weighted by atomic mass is 10.1. The minimum atomic E-state index is -4.46. The second-order valence-corrected chi connectivity index (χ2v) is 8.58. The monoisotopic (exact) mass is 439 g/mol. The molecule has 0 saturated heterocycles. The molecule has 2 aliphatic carbocycles. The molecule has 2 aliphatic rings. The lowest BCUT2D eigenvalue weighted by Gasteiger charge is -2.12. The standard InChI is InChI=1S/C24H20F3N3O2/c25-24(26,27)15-7-8-17(21(11-15)31-12-13-4-5-13)23-29-22(30-32-23)14-6-9-20-18(10-14)16-2-1-3-19(16)28-20/h6-11,13,28H,1-5,12H2. The molecule has 2 heterocycles. The lowest BCUT2D eigenvalue weighted by Crippen LogP contribution is -2.07. The summed E-state index contributed by atoms with van der Waals surface area (Å²) in [4.78, 5) is 7.95. The number of H-pyrrole nitrogens is 1. The molecular weight excluding hydrogens is 419 g/mol. The average molecular weight is 439 g/mol. The van der Waals surface area contributed by atoms with Crippen molar-refractivity contribution in [1.82, 2.24) is 15.1 Å². The predicted octanol–water partition coefficient (Wildman–Crippen LogP) is 6.18. The third-order valence-electron chi connectivity index (χ3n) is 6.24. The van der Waals surface area contributed by atoms with Gasteiger partial charge in [-0.15, -0.1) is 0 Å². The van der Waals surface area contributed by atoms with Crippen LogP contribution in [0.2, 0.25) is 0 Å². The number of alkyl halides is 3. The van der Waals surface area contributed by atoms with Crippen LogP contribution in [-0.2, 0) is 19.0 Å². The summed E-state index contributed by atoms with van der Waals surface area (Å²) in [5.41, 5.74) is 4.10. The number of nitrogens with one attached hydrogen (secondary N) is 1. The lowest BCUT2D eigenvalue weighted by molar-refractivity contribution is -0.137. The second-order valence-electron chi connectivity index (χ2n) is 8.58. The average Bonchev–Trinajstić information content (AvgIpc) is 3.14. The second kappa shape index (κ2) is 7.12. The van der Waals surface area contributed by atoms with Crippen LogP contribution in [0.4, 0.5) is 13.2 Å². The smallest absolute Gasteiger partial charge is 0.416 e. The fourth-order valence-electron chi connectivity index (χ4n) is 4.32. The third kappa shape index (κ3) is 3.43. The molecule has 0 amide bonds. The molecule has 0 unspecified atom stereocenters. The number of rotatable bonds is 5. The fraction of sp³-hybridized carbons (Fsp3) is 0.333. The van der Waals surface area contributed by atoms with Gasteiger partial charge in [0.15, 0.2) is 0 Å². The highest BCUT2D eigenvalue weighted by Gasteiger charge is 2.32. The number of hydrogen-bond acceptors (Lipinski definition) is 4. The topological polar surface area (TPSA) is 63.9 Å². The van der Waals surface area contributed by atoms with Crippen LogP contribution < -0.4 is 4.74 Å². The molecule has 32 heavy (non-hydrogen) atoms. The number of hydrogen-bond donors (Lipinski definition) is 1. The van der Waals surface area contributed by atoms with Gasteiger partial charge < -0.3 is 14.2 Å². The van der Waals surface area contributed by atoms with Crippen molar-refractivity contribution >= 4 is 10.9 Å². The summed E-state index contributed by atoms with van der Waals surface area (Å²) >= 11 is 0. The first-order valence-corrected chi connectivity index (χ1v) is 10.8. The first-order chi connectivity index (χ1) is 15.5. The van der Waals surface area contributed by atoms with Crippen molar-refractivity contribution in [2.75, 3.05) is 6.61 Å². The molecule has 1 saturated carbocycles. The Morgan fingerprint density at radius 1 is 1.09 bits per heavy atom. The zero-order chi connectivity index (χ0) is 21.9. The molecule has 2 aromatic heterocycles. The summed E-state index contributed by atoms with van der Waals surface area (Å²) in [6, 6.07) is 9.32. The van der Waals surface area contributed by atoms with Crippen LogP contribution >= 0.6 is 0 Å². The zero-order valence-corrected chi connectivity index (χ0v) is 17.1. The highest BCUT2D eigenvalue weighted by atomic mass is 19.4. The van der Waals surface area contributed by atoms with Gasteiger partial charge in [0.05, 0.1) is 17.7 Å². The van der Waals surface area contributed by atoms with Crippen LogP contribution in [0, 0.1) is 5.92 Å². The largest absolute Gasteiger partial charge is 0.492 e. The van der Waals surface area contributed by atoms with Crippen LogP contribution in [-0.4, -0.2) is 21.7 Å². The van der Waals surface area contributed by atoms with Gasteiger partial charge in [0, 0.05) is 22.2 Å². The number of benzene rings is 2. The third-order valence-corrected chi connectivity index (χ3v) is 6.24. The Morgan fingerprint density at radius 3 is 2.78 bits per heavy atom. The normalized spacial score (nSPS) is 16.0. The number of aryl methyl sites for hydroxylation is 2. The van der Waals surface area contributed by atoms with Gasteiger partial charge in [-0.05, 0) is 80.0 Å². The molecule has 0 spiro atoms. The summed E-state index contributed by atoms with van der Waals surface area (Å²) < 4.78 is 50.9. The molecule has 0 atom stereocenters. The summed E-state index contributed by atoms with van der Waals surface area (Å²) in [5.74, 6) is 1.04. The Hall–Kier alpha value is -3.29. The van der Waals surface area contributed by atoms with Gasteiger partial charge in [0.1, 0.15) is 5.75 Å². The van der Waals surface area contributed by atoms with Crippen LogP contribution in [0.15, 0.2) is 40.9 Å². The minimum absolute atomic E-state index is 0.112. The molecule has 0 radical (unpaired) electrons. The molecule has 1 fully saturated rings. The quantitative estimate of drug-likeness (QED) is 0.403. The zero-order valence-electron chi connectivity index (χ0n) is 17.1. The van der Waals surface area contributed by atoms with Crippen LogP contribution in [0.25, 0.3) is 33.7 Å². The SMILES string of the molecule is FC(F)(F)c1ccc(-c2nc(-c3ccc4[nH]c5c(c4c3)CCC5)no2)c(OCC2CC2)c1. The van der Waals surface area contributed by atoms with Crippen molar-refractivity contribution in [3.05, 3.63) is 53.2 Å². The van der Waals surface area contributed by atoms with E-state index < -0.39 is 11.7 Å². The Labute approximate surface area is 181 Å². The number of aromatic amines is 1. The maximum Gasteiger partial charge on any atom is 0.416 e. The van der Waals surface area contributed by atoms with Crippen molar-refractivity contribution in [2.45, 2.75) is 38.3 Å². The molecule has 2 aromatic carbocycles. The van der Waals surface area contributed by atoms with E-state index in [1.54, 1.807) is 0 Å². The molecule has 0 bridgehead atoms. The van der Waals surface area contributed by atoms with Gasteiger partial charge in [-0.1, -0.05) is 5.16 Å². The number of aromatic nitrogens is 3. The van der Waals surface area contributed by atoms with Gasteiger partial charge in [0.25, 0.3) is 5.89 Å². The summed E-state index contributed by atoms with van der Waals surface area (Å²) in [6.07, 6.45) is 0.856. The Balaban J connectivity index is 1.36. The molecule has 0 aliphatic heterocycles. The van der Waals surface area contributed by atoms with Gasteiger partial charge in [0.2, 0.25) is 5.82 Å². The number of nitrogens with zero attached hydrogens (tertiary/aromatic N) is 2. The highest BCUT2D eigenvalue weighted by Crippen LogP contribution is 2.39. The van der Waals surface area contributed by atoms with Gasteiger partial charge in [-0.25, -0.2) is 0 Å². The van der Waals surface area contributed by atoms with E-state index >= 15 is 0 Å². The van der Waals surface area contributed by atoms with Gasteiger partial charge >= 0.3 is 6.18 Å². The predicted molar refractivity (Wildman–Crippen MR) is 112 cm³/mol. The Morgan fingerprint density at radius 2 is 1.97 bits per heavy atom. The molecular formula is C24H20F3N3O2. The van der Waals surface area contributed by atoms with Crippen molar-refractivity contribution in [1.29, 1.82) is 0 Å². The van der Waals surface area contributed by atoms with E-state index in [9.17, 15) is 13.2 Å². The summed E-state index contributed by atoms with van der Waals surface area (Å²) in [6.45, 7) is 0.380. The fourth-order valence-corrected chi connectivity index (χ4v) is 4.32. The first-order valence-electron chi connectivity index (χ1n) is 10.8. The van der Waals surface area contributed by atoms with E-state index in [1.165, 1.54) is 17.3 Å². The number of fused-ring (bicyclic) bond motifs is 3. The van der Waals surface area contributed by atoms with Gasteiger partial charge in [-0.3, -0.25) is 0 Å². The molecule has 4 aromatic rings. The van der Waals surface area contributed by atoms with Crippen LogP contribution in [0.5, 0.6) is 5.75 Å². The molecule has 1 N–H and O–H groups in total. The van der Waals surface area contributed by atoms with Crippen molar-refractivity contribution < 1.29 is 22.4 Å². The van der Waals surface area contributed by atoms with Crippen molar-refractivity contribution in [2.24, 2.45) is 5.92 Å². The Kier molecular flexibility index (Phi) is 4.31. The van der Waals surface area contributed by atoms with Crippen molar-refractivity contribution in [3.8, 4) is 28.6 Å². The van der Waals surface area contributed by atoms with E-state index in [4.69, 9.17) is 9.26 Å². The Bertz CT molecular complexity index is 1320. The summed E-state index contributed by atoms with van der Waals surface area (Å²) in [7, 11) is 0. The highest BCUT2D eigenvalue weighted by molar-refractivity contribution is 5.89. The van der Waals surface area contributed by atoms with Gasteiger partial charge in [-0.2, -0.15) is 18.2 Å². The number of halogens is 3. The molecule has 8 heteroatoms. The molecule has 5 nitrogen and oxygen atoms in total. The number of ether oxygens (including phenoxy) is 1. The first kappa shape index (κ1) is 19.4. The van der Waals surface area contributed by atoms with E-state index in [1.807, 2.05) is 18.2 Å². The molecule has 6 rings (SSSR count). The van der Waals surface area contributed by atoms with Crippen molar-refractivity contribution in [3.63, 3.8) is 0 Å². The van der Waals surface area contributed by atoms with E-state index in [-0.39, 0.29) is 11.6 Å². The van der Waals surface area contributed by atoms with Crippen LogP contribution in [0.1, 0.15) is 36.1 Å².